The Bertz CT molecular complexity index is 93.4. The van der Waals surface area contributed by atoms with Crippen LogP contribution in [0.2, 0.25) is 10.1 Å². The van der Waals surface area contributed by atoms with Crippen LogP contribution in [0.3, 0.4) is 0 Å². The van der Waals surface area contributed by atoms with Crippen molar-refractivity contribution >= 4 is 19.2 Å². The molecule has 62 valence electrons. The molecule has 0 bridgehead atoms. The van der Waals surface area contributed by atoms with E-state index in [-0.39, 0.29) is 0 Å². The zero-order valence-electron chi connectivity index (χ0n) is 7.96. The lowest BCUT2D eigenvalue weighted by atomic mass is 10.2. The van der Waals surface area contributed by atoms with Crippen LogP contribution < -0.4 is 0 Å². The van der Waals surface area contributed by atoms with E-state index in [0.717, 1.165) is 0 Å². The highest BCUT2D eigenvalue weighted by Gasteiger charge is 2.34. The Labute approximate surface area is 71.3 Å². The molecule has 0 aromatic heterocycles. The van der Waals surface area contributed by atoms with Gasteiger partial charge in [0.05, 0.1) is 0 Å². The lowest BCUT2D eigenvalue weighted by molar-refractivity contribution is 0.660. The van der Waals surface area contributed by atoms with Crippen LogP contribution in [0.5, 0.6) is 0 Å². The highest BCUT2D eigenvalue weighted by molar-refractivity contribution is 7.10. The second kappa shape index (κ2) is 2.86. The summed E-state index contributed by atoms with van der Waals surface area (Å²) in [6.07, 6.45) is 0. The van der Waals surface area contributed by atoms with Crippen molar-refractivity contribution in [2.45, 2.75) is 51.6 Å². The van der Waals surface area contributed by atoms with Gasteiger partial charge in [-0.2, -0.15) is 11.1 Å². The van der Waals surface area contributed by atoms with Crippen molar-refractivity contribution in [1.82, 2.24) is 0 Å². The summed E-state index contributed by atoms with van der Waals surface area (Å²) in [7, 11) is -1.11. The number of halogens is 1. The Kier molecular flexibility index (Phi) is 3.01. The van der Waals surface area contributed by atoms with Gasteiger partial charge in [0.15, 0.2) is 8.11 Å². The Morgan fingerprint density at radius 3 is 1.00 bits per heavy atom. The van der Waals surface area contributed by atoms with Gasteiger partial charge >= 0.3 is 0 Å². The molecule has 0 rings (SSSR count). The third kappa shape index (κ3) is 3.06. The van der Waals surface area contributed by atoms with Gasteiger partial charge in [-0.15, -0.1) is 0 Å². The molecular weight excluding hydrogens is 160 g/mol. The summed E-state index contributed by atoms with van der Waals surface area (Å²) in [5, 5.41) is 0.694. The molecule has 0 amide bonds. The molecule has 0 heterocycles. The third-order valence-corrected chi connectivity index (χ3v) is 8.49. The molecule has 0 saturated carbocycles. The Morgan fingerprint density at radius 2 is 1.00 bits per heavy atom. The monoisotopic (exact) mass is 178 g/mol. The van der Waals surface area contributed by atoms with Crippen molar-refractivity contribution in [2.24, 2.45) is 0 Å². The van der Waals surface area contributed by atoms with Crippen LogP contribution in [0.4, 0.5) is 0 Å². The van der Waals surface area contributed by atoms with Crippen molar-refractivity contribution in [3.05, 3.63) is 0 Å². The van der Waals surface area contributed by atoms with Crippen LogP contribution in [0.1, 0.15) is 41.5 Å². The van der Waals surface area contributed by atoms with Crippen LogP contribution in [0.25, 0.3) is 0 Å². The van der Waals surface area contributed by atoms with E-state index in [1.165, 1.54) is 0 Å². The number of hydrogen-bond donors (Lipinski definition) is 0. The van der Waals surface area contributed by atoms with E-state index in [9.17, 15) is 0 Å². The van der Waals surface area contributed by atoms with Gasteiger partial charge in [-0.05, 0) is 10.1 Å². The molecule has 0 aliphatic rings. The average molecular weight is 179 g/mol. The molecule has 0 fully saturated rings. The zero-order chi connectivity index (χ0) is 8.58. The predicted molar refractivity (Wildman–Crippen MR) is 52.4 cm³/mol. The minimum Gasteiger partial charge on any atom is -0.170 e. The first-order valence-corrected chi connectivity index (χ1v) is 6.70. The van der Waals surface area contributed by atoms with E-state index in [0.29, 0.717) is 10.1 Å². The lowest BCUT2D eigenvalue weighted by Crippen LogP contribution is -2.29. The highest BCUT2D eigenvalue weighted by atomic mass is 35.6. The molecule has 0 N–H and O–H groups in total. The minimum absolute atomic E-state index is 0.347. The van der Waals surface area contributed by atoms with Crippen molar-refractivity contribution in [2.75, 3.05) is 0 Å². The second-order valence-electron chi connectivity index (χ2n) is 5.09. The molecule has 0 aromatic carbocycles. The van der Waals surface area contributed by atoms with Gasteiger partial charge < -0.3 is 0 Å². The summed E-state index contributed by atoms with van der Waals surface area (Å²) in [5.41, 5.74) is 0. The van der Waals surface area contributed by atoms with Gasteiger partial charge in [-0.3, -0.25) is 0 Å². The maximum absolute atomic E-state index is 6.37. The molecule has 0 aliphatic heterocycles. The summed E-state index contributed by atoms with van der Waals surface area (Å²) in [6, 6.07) is 0. The van der Waals surface area contributed by atoms with Crippen molar-refractivity contribution in [1.29, 1.82) is 0 Å². The molecule has 0 spiro atoms. The molecule has 10 heavy (non-hydrogen) atoms. The third-order valence-electron chi connectivity index (χ3n) is 1.52. The molecule has 0 unspecified atom stereocenters. The average Bonchev–Trinajstić information content (AvgIpc) is 1.59. The van der Waals surface area contributed by atoms with E-state index in [4.69, 9.17) is 11.1 Å². The van der Waals surface area contributed by atoms with E-state index in [2.05, 4.69) is 41.5 Å². The van der Waals surface area contributed by atoms with Crippen molar-refractivity contribution in [3.8, 4) is 0 Å². The topological polar surface area (TPSA) is 0 Å². The molecule has 0 saturated heterocycles. The lowest BCUT2D eigenvalue weighted by Gasteiger charge is -2.34. The first kappa shape index (κ1) is 10.5. The maximum atomic E-state index is 6.37. The van der Waals surface area contributed by atoms with Gasteiger partial charge in [-0.25, -0.2) is 0 Å². The summed E-state index contributed by atoms with van der Waals surface area (Å²) < 4.78 is 0. The SMILES string of the molecule is CC(C)(C)[SiH](Cl)C(C)(C)C. The van der Waals surface area contributed by atoms with Crippen LogP contribution in [0, 0.1) is 0 Å². The smallest absolute Gasteiger partial charge is 0.151 e. The fourth-order valence-electron chi connectivity index (χ4n) is 1.30. The Balaban J connectivity index is 4.23. The highest BCUT2D eigenvalue weighted by Crippen LogP contribution is 2.43. The van der Waals surface area contributed by atoms with Crippen LogP contribution in [0.15, 0.2) is 0 Å². The van der Waals surface area contributed by atoms with Crippen LogP contribution in [-0.2, 0) is 0 Å². The quantitative estimate of drug-likeness (QED) is 0.393. The molecule has 0 aromatic rings. The predicted octanol–water partition coefficient (Wildman–Crippen LogP) is 3.55. The molecule has 0 radical (unpaired) electrons. The summed E-state index contributed by atoms with van der Waals surface area (Å²) >= 11 is 6.37. The standard InChI is InChI=1S/C8H19ClSi/c1-7(2,3)10(9)8(4,5)6/h10H,1-6H3. The van der Waals surface area contributed by atoms with Gasteiger partial charge in [0.25, 0.3) is 0 Å². The van der Waals surface area contributed by atoms with Gasteiger partial charge in [0.1, 0.15) is 0 Å². The van der Waals surface area contributed by atoms with E-state index in [1.807, 2.05) is 0 Å². The number of rotatable bonds is 0. The maximum Gasteiger partial charge on any atom is 0.151 e. The first-order chi connectivity index (χ1) is 4.15. The zero-order valence-corrected chi connectivity index (χ0v) is 9.87. The van der Waals surface area contributed by atoms with Gasteiger partial charge in [0, 0.05) is 0 Å². The number of hydrogen-bond acceptors (Lipinski definition) is 0. The molecule has 0 nitrogen and oxygen atoms in total. The van der Waals surface area contributed by atoms with Crippen molar-refractivity contribution < 1.29 is 0 Å². The first-order valence-electron chi connectivity index (χ1n) is 3.80. The Hall–Kier alpha value is 0.507. The summed E-state index contributed by atoms with van der Waals surface area (Å²) in [6.45, 7) is 13.4. The summed E-state index contributed by atoms with van der Waals surface area (Å²) in [5.74, 6) is 0. The minimum atomic E-state index is -1.11. The normalized spacial score (nSPS) is 14.4. The molecule has 0 atom stereocenters. The van der Waals surface area contributed by atoms with Crippen LogP contribution in [-0.4, -0.2) is 8.11 Å². The van der Waals surface area contributed by atoms with Gasteiger partial charge in [0.2, 0.25) is 0 Å². The second-order valence-corrected chi connectivity index (χ2v) is 10.6. The van der Waals surface area contributed by atoms with E-state index < -0.39 is 8.11 Å². The van der Waals surface area contributed by atoms with Gasteiger partial charge in [-0.1, -0.05) is 41.5 Å². The Morgan fingerprint density at radius 1 is 0.800 bits per heavy atom. The van der Waals surface area contributed by atoms with Crippen LogP contribution >= 0.6 is 11.1 Å². The molecule has 2 heteroatoms. The van der Waals surface area contributed by atoms with Crippen molar-refractivity contribution in [3.63, 3.8) is 0 Å². The summed E-state index contributed by atoms with van der Waals surface area (Å²) in [4.78, 5) is 0. The fraction of sp³-hybridized carbons (Fsp3) is 1.00. The molecular formula is C8H19ClSi. The molecule has 0 aliphatic carbocycles. The largest absolute Gasteiger partial charge is 0.170 e. The van der Waals surface area contributed by atoms with E-state index >= 15 is 0 Å². The fourth-order valence-corrected chi connectivity index (χ4v) is 3.90. The van der Waals surface area contributed by atoms with E-state index in [1.54, 1.807) is 0 Å².